The van der Waals surface area contributed by atoms with Crippen LogP contribution < -0.4 is 10.1 Å². The number of carbonyl (C=O) groups is 2. The van der Waals surface area contributed by atoms with E-state index in [9.17, 15) is 22.8 Å². The lowest BCUT2D eigenvalue weighted by Crippen LogP contribution is -2.30. The Morgan fingerprint density at radius 1 is 1.03 bits per heavy atom. The molecule has 5 nitrogen and oxygen atoms in total. The number of hydrogen-bond donors (Lipinski definition) is 1. The number of carbonyl (C=O) groups excluding carboxylic acids is 2. The summed E-state index contributed by atoms with van der Waals surface area (Å²) in [6, 6.07) is 11.3. The summed E-state index contributed by atoms with van der Waals surface area (Å²) >= 11 is 0. The zero-order valence-corrected chi connectivity index (χ0v) is 15.9. The van der Waals surface area contributed by atoms with Gasteiger partial charge in [0.2, 0.25) is 0 Å². The Kier molecular flexibility index (Phi) is 8.06. The van der Waals surface area contributed by atoms with Gasteiger partial charge < -0.3 is 14.8 Å². The maximum Gasteiger partial charge on any atom is 0.416 e. The van der Waals surface area contributed by atoms with Crippen molar-refractivity contribution in [2.45, 2.75) is 32.5 Å². The van der Waals surface area contributed by atoms with Crippen LogP contribution in [0.4, 0.5) is 13.2 Å². The third kappa shape index (κ3) is 7.14. The third-order valence-corrected chi connectivity index (χ3v) is 3.99. The second-order valence-corrected chi connectivity index (χ2v) is 6.22. The largest absolute Gasteiger partial charge is 0.494 e. The molecule has 2 aromatic carbocycles. The van der Waals surface area contributed by atoms with Crippen LogP contribution in [-0.4, -0.2) is 25.0 Å². The number of benzene rings is 2. The number of rotatable bonds is 9. The van der Waals surface area contributed by atoms with E-state index >= 15 is 0 Å². The minimum atomic E-state index is -4.54. The van der Waals surface area contributed by atoms with E-state index in [0.29, 0.717) is 17.9 Å². The molecule has 2 rings (SSSR count). The van der Waals surface area contributed by atoms with Crippen molar-refractivity contribution < 1.29 is 32.2 Å². The smallest absolute Gasteiger partial charge is 0.416 e. The normalized spacial score (nSPS) is 11.0. The fourth-order valence-electron chi connectivity index (χ4n) is 2.42. The van der Waals surface area contributed by atoms with E-state index in [2.05, 4.69) is 12.2 Å². The Hall–Kier alpha value is -3.03. The Balaban J connectivity index is 1.81. The summed E-state index contributed by atoms with van der Waals surface area (Å²) in [6.07, 6.45) is -2.60. The molecule has 0 aromatic heterocycles. The fraction of sp³-hybridized carbons (Fsp3) is 0.333. The molecule has 0 saturated heterocycles. The first-order valence-electron chi connectivity index (χ1n) is 9.13. The quantitative estimate of drug-likeness (QED) is 0.494. The van der Waals surface area contributed by atoms with Crippen molar-refractivity contribution in [2.75, 3.05) is 13.2 Å². The van der Waals surface area contributed by atoms with Gasteiger partial charge in [-0.3, -0.25) is 9.59 Å². The second kappa shape index (κ2) is 10.5. The van der Waals surface area contributed by atoms with Gasteiger partial charge in [-0.05, 0) is 36.8 Å². The highest BCUT2D eigenvalue weighted by atomic mass is 19.4. The molecule has 0 fully saturated rings. The molecule has 0 spiro atoms. The van der Waals surface area contributed by atoms with Crippen molar-refractivity contribution in [3.05, 3.63) is 65.2 Å². The molecule has 0 atom stereocenters. The number of nitrogens with one attached hydrogen (secondary N) is 1. The van der Waals surface area contributed by atoms with Crippen LogP contribution in [0.3, 0.4) is 0 Å². The standard InChI is InChI=1S/C21H22F3NO4/c1-2-3-12-28-17-10-8-15(9-11-17)20(27)25-13-19(26)29-14-16-6-4-5-7-18(16)21(22,23)24/h4-11H,2-3,12-14H2,1H3,(H,25,27). The topological polar surface area (TPSA) is 64.6 Å². The van der Waals surface area contributed by atoms with Crippen LogP contribution in [-0.2, 0) is 22.3 Å². The highest BCUT2D eigenvalue weighted by Crippen LogP contribution is 2.32. The summed E-state index contributed by atoms with van der Waals surface area (Å²) < 4.78 is 49.1. The lowest BCUT2D eigenvalue weighted by atomic mass is 10.1. The maximum atomic E-state index is 12.9. The van der Waals surface area contributed by atoms with Crippen LogP contribution in [0, 0.1) is 0 Å². The molecule has 0 aliphatic rings. The van der Waals surface area contributed by atoms with Crippen molar-refractivity contribution in [2.24, 2.45) is 0 Å². The molecular formula is C21H22F3NO4. The van der Waals surface area contributed by atoms with Crippen molar-refractivity contribution >= 4 is 11.9 Å². The molecule has 0 radical (unpaired) electrons. The van der Waals surface area contributed by atoms with Crippen LogP contribution >= 0.6 is 0 Å². The summed E-state index contributed by atoms with van der Waals surface area (Å²) in [6.45, 7) is 1.65. The van der Waals surface area contributed by atoms with E-state index in [1.165, 1.54) is 18.2 Å². The molecule has 8 heteroatoms. The predicted octanol–water partition coefficient (Wildman–Crippen LogP) is 4.36. The molecule has 1 amide bonds. The van der Waals surface area contributed by atoms with E-state index in [4.69, 9.17) is 9.47 Å². The summed E-state index contributed by atoms with van der Waals surface area (Å²) in [7, 11) is 0. The van der Waals surface area contributed by atoms with Crippen LogP contribution in [0.1, 0.15) is 41.3 Å². The Labute approximate surface area is 166 Å². The molecule has 0 aliphatic carbocycles. The zero-order chi connectivity index (χ0) is 21.3. The Morgan fingerprint density at radius 2 is 1.72 bits per heavy atom. The lowest BCUT2D eigenvalue weighted by Gasteiger charge is -2.13. The van der Waals surface area contributed by atoms with Crippen LogP contribution in [0.5, 0.6) is 5.75 Å². The van der Waals surface area contributed by atoms with Crippen LogP contribution in [0.15, 0.2) is 48.5 Å². The minimum Gasteiger partial charge on any atom is -0.494 e. The summed E-state index contributed by atoms with van der Waals surface area (Å²) in [4.78, 5) is 23.8. The number of ether oxygens (including phenoxy) is 2. The molecular weight excluding hydrogens is 387 g/mol. The van der Waals surface area contributed by atoms with Gasteiger partial charge in [0, 0.05) is 11.1 Å². The van der Waals surface area contributed by atoms with Gasteiger partial charge in [0.25, 0.3) is 5.91 Å². The second-order valence-electron chi connectivity index (χ2n) is 6.22. The number of amides is 1. The monoisotopic (exact) mass is 409 g/mol. The van der Waals surface area contributed by atoms with E-state index < -0.39 is 36.8 Å². The SMILES string of the molecule is CCCCOc1ccc(C(=O)NCC(=O)OCc2ccccc2C(F)(F)F)cc1. The van der Waals surface area contributed by atoms with Crippen molar-refractivity contribution in [1.82, 2.24) is 5.32 Å². The van der Waals surface area contributed by atoms with Gasteiger partial charge in [0.05, 0.1) is 12.2 Å². The van der Waals surface area contributed by atoms with Gasteiger partial charge in [0.15, 0.2) is 0 Å². The van der Waals surface area contributed by atoms with Crippen molar-refractivity contribution in [1.29, 1.82) is 0 Å². The van der Waals surface area contributed by atoms with Gasteiger partial charge >= 0.3 is 12.1 Å². The van der Waals surface area contributed by atoms with Crippen LogP contribution in [0.2, 0.25) is 0 Å². The molecule has 1 N–H and O–H groups in total. The molecule has 0 heterocycles. The summed E-state index contributed by atoms with van der Waals surface area (Å²) in [5.41, 5.74) is -0.695. The molecule has 0 saturated carbocycles. The van der Waals surface area contributed by atoms with Gasteiger partial charge in [-0.25, -0.2) is 0 Å². The van der Waals surface area contributed by atoms with Gasteiger partial charge in [-0.15, -0.1) is 0 Å². The van der Waals surface area contributed by atoms with Gasteiger partial charge in [-0.1, -0.05) is 31.5 Å². The van der Waals surface area contributed by atoms with Crippen molar-refractivity contribution in [3.63, 3.8) is 0 Å². The predicted molar refractivity (Wildman–Crippen MR) is 100 cm³/mol. The number of halogens is 3. The van der Waals surface area contributed by atoms with Crippen LogP contribution in [0.25, 0.3) is 0 Å². The maximum absolute atomic E-state index is 12.9. The highest BCUT2D eigenvalue weighted by molar-refractivity contribution is 5.96. The third-order valence-electron chi connectivity index (χ3n) is 3.99. The summed E-state index contributed by atoms with van der Waals surface area (Å²) in [5, 5.41) is 2.38. The van der Waals surface area contributed by atoms with E-state index in [1.807, 2.05) is 0 Å². The average Bonchev–Trinajstić information content (AvgIpc) is 2.70. The number of esters is 1. The van der Waals surface area contributed by atoms with Crippen molar-refractivity contribution in [3.8, 4) is 5.75 Å². The highest BCUT2D eigenvalue weighted by Gasteiger charge is 2.33. The molecule has 29 heavy (non-hydrogen) atoms. The number of hydrogen-bond acceptors (Lipinski definition) is 4. The molecule has 156 valence electrons. The molecule has 2 aromatic rings. The number of alkyl halides is 3. The number of unbranched alkanes of at least 4 members (excludes halogenated alkanes) is 1. The zero-order valence-electron chi connectivity index (χ0n) is 15.9. The van der Waals surface area contributed by atoms with E-state index in [1.54, 1.807) is 24.3 Å². The lowest BCUT2D eigenvalue weighted by molar-refractivity contribution is -0.146. The first-order valence-corrected chi connectivity index (χ1v) is 9.13. The first kappa shape index (κ1) is 22.3. The van der Waals surface area contributed by atoms with E-state index in [0.717, 1.165) is 18.9 Å². The minimum absolute atomic E-state index is 0.154. The fourth-order valence-corrected chi connectivity index (χ4v) is 2.42. The summed E-state index contributed by atoms with van der Waals surface area (Å²) in [5.74, 6) is -0.703. The van der Waals surface area contributed by atoms with Gasteiger partial charge in [0.1, 0.15) is 18.9 Å². The molecule has 0 aliphatic heterocycles. The van der Waals surface area contributed by atoms with Gasteiger partial charge in [-0.2, -0.15) is 13.2 Å². The average molecular weight is 409 g/mol. The molecule has 0 bridgehead atoms. The first-order chi connectivity index (χ1) is 13.8. The van der Waals surface area contributed by atoms with E-state index in [-0.39, 0.29) is 5.56 Å². The Morgan fingerprint density at radius 3 is 2.38 bits per heavy atom. The Bertz CT molecular complexity index is 819. The molecule has 0 unspecified atom stereocenters.